The number of methoxy groups -OCH3 is 1. The van der Waals surface area contributed by atoms with Crippen LogP contribution in [0.3, 0.4) is 0 Å². The highest BCUT2D eigenvalue weighted by Crippen LogP contribution is 2.40. The van der Waals surface area contributed by atoms with Gasteiger partial charge in [-0.25, -0.2) is 14.6 Å². The normalized spacial score (nSPS) is 12.0. The summed E-state index contributed by atoms with van der Waals surface area (Å²) in [6.07, 6.45) is 0. The lowest BCUT2D eigenvalue weighted by atomic mass is 9.77. The molecule has 0 radical (unpaired) electrons. The largest absolute Gasteiger partial charge is 0.476 e. The molecule has 4 aromatic rings. The molecule has 0 unspecified atom stereocenters. The summed E-state index contributed by atoms with van der Waals surface area (Å²) in [5.41, 5.74) is 0.279. The van der Waals surface area contributed by atoms with Crippen LogP contribution in [-0.2, 0) is 24.7 Å². The number of rotatable bonds is 10. The molecule has 38 heavy (non-hydrogen) atoms. The minimum absolute atomic E-state index is 0.0914. The molecule has 0 fully saturated rings. The molecule has 2 N–H and O–H groups in total. The van der Waals surface area contributed by atoms with Crippen molar-refractivity contribution in [2.45, 2.75) is 25.0 Å². The van der Waals surface area contributed by atoms with Gasteiger partial charge in [0.25, 0.3) is 0 Å². The van der Waals surface area contributed by atoms with E-state index in [-0.39, 0.29) is 5.69 Å². The topological polar surface area (TPSA) is 110 Å². The molecule has 0 aliphatic rings. The molecule has 9 heteroatoms. The minimum Gasteiger partial charge on any atom is -0.476 e. The number of oxime groups is 1. The van der Waals surface area contributed by atoms with Crippen molar-refractivity contribution >= 4 is 34.1 Å². The lowest BCUT2D eigenvalue weighted by Gasteiger charge is -2.36. The van der Waals surface area contributed by atoms with Gasteiger partial charge in [0, 0.05) is 5.38 Å². The molecule has 8 nitrogen and oxygen atoms in total. The van der Waals surface area contributed by atoms with Crippen LogP contribution in [0.15, 0.2) is 102 Å². The summed E-state index contributed by atoms with van der Waals surface area (Å²) in [6, 6.07) is 29.9. The summed E-state index contributed by atoms with van der Waals surface area (Å²) in [4.78, 5) is 33.8. The Labute approximate surface area is 224 Å². The van der Waals surface area contributed by atoms with Gasteiger partial charge in [-0.15, -0.1) is 11.3 Å². The van der Waals surface area contributed by atoms with Gasteiger partial charge in [-0.2, -0.15) is 0 Å². The van der Waals surface area contributed by atoms with Gasteiger partial charge in [-0.1, -0.05) is 96.2 Å². The zero-order chi connectivity index (χ0) is 27.2. The first-order valence-corrected chi connectivity index (χ1v) is 12.6. The standard InChI is InChI=1S/C29H27N3O5S/c1-28(2,26(35)36-3)37-32-24(25(33)34)23-19-38-27(30-23)31-29(20-13-7-4-8-14-20,21-15-9-5-10-16-21)22-17-11-6-12-18-22/h4-19H,1-3H3,(H,30,31)(H,33,34)/b32-24+. The minimum atomic E-state index is -1.48. The fourth-order valence-electron chi connectivity index (χ4n) is 4.02. The molecule has 194 valence electrons. The molecule has 0 bridgehead atoms. The number of hydrogen-bond donors (Lipinski definition) is 2. The van der Waals surface area contributed by atoms with Crippen LogP contribution < -0.4 is 5.32 Å². The van der Waals surface area contributed by atoms with E-state index in [4.69, 9.17) is 9.57 Å². The number of hydrogen-bond acceptors (Lipinski definition) is 8. The van der Waals surface area contributed by atoms with Crippen molar-refractivity contribution < 1.29 is 24.3 Å². The Morgan fingerprint density at radius 3 is 1.76 bits per heavy atom. The van der Waals surface area contributed by atoms with Gasteiger partial charge in [0.2, 0.25) is 11.3 Å². The third-order valence-electron chi connectivity index (χ3n) is 5.91. The Morgan fingerprint density at radius 1 is 0.868 bits per heavy atom. The molecule has 1 aromatic heterocycles. The molecule has 0 saturated heterocycles. The van der Waals surface area contributed by atoms with Crippen LogP contribution in [0.25, 0.3) is 0 Å². The van der Waals surface area contributed by atoms with Gasteiger partial charge in [0.05, 0.1) is 7.11 Å². The van der Waals surface area contributed by atoms with Gasteiger partial charge in [-0.3, -0.25) is 0 Å². The second kappa shape index (κ2) is 11.3. The number of carbonyl (C=O) groups is 2. The molecule has 4 rings (SSSR count). The maximum Gasteiger partial charge on any atom is 0.360 e. The average Bonchev–Trinajstić information content (AvgIpc) is 3.40. The number of ether oxygens (including phenoxy) is 1. The van der Waals surface area contributed by atoms with Gasteiger partial charge < -0.3 is 20.0 Å². The number of aliphatic carboxylic acids is 1. The number of nitrogens with one attached hydrogen (secondary N) is 1. The second-order valence-corrected chi connectivity index (χ2v) is 9.71. The number of anilines is 1. The molecule has 0 spiro atoms. The Bertz CT molecular complexity index is 1320. The SMILES string of the molecule is COC(=O)C(C)(C)O/N=C(/C(=O)O)c1csc(NC(c2ccccc2)(c2ccccc2)c2ccccc2)n1. The van der Waals surface area contributed by atoms with Crippen LogP contribution in [0.4, 0.5) is 5.13 Å². The maximum absolute atomic E-state index is 12.0. The number of esters is 1. The fraction of sp³-hybridized carbons (Fsp3) is 0.172. The number of carboxylic acids is 1. The van der Waals surface area contributed by atoms with Crippen LogP contribution in [0.1, 0.15) is 36.2 Å². The second-order valence-electron chi connectivity index (χ2n) is 8.85. The first-order valence-electron chi connectivity index (χ1n) is 11.8. The predicted molar refractivity (Wildman–Crippen MR) is 146 cm³/mol. The van der Waals surface area contributed by atoms with Gasteiger partial charge in [0.1, 0.15) is 11.2 Å². The first kappa shape index (κ1) is 26.6. The Balaban J connectivity index is 1.80. The Morgan fingerprint density at radius 2 is 1.34 bits per heavy atom. The van der Waals surface area contributed by atoms with E-state index in [0.29, 0.717) is 5.13 Å². The third-order valence-corrected chi connectivity index (χ3v) is 6.66. The summed E-state index contributed by atoms with van der Waals surface area (Å²) in [5, 5.41) is 19.2. The van der Waals surface area contributed by atoms with Crippen LogP contribution in [-0.4, -0.2) is 40.5 Å². The van der Waals surface area contributed by atoms with Crippen LogP contribution >= 0.6 is 11.3 Å². The molecule has 0 atom stereocenters. The predicted octanol–water partition coefficient (Wildman–Crippen LogP) is 5.30. The van der Waals surface area contributed by atoms with Crippen molar-refractivity contribution in [1.82, 2.24) is 4.98 Å². The van der Waals surface area contributed by atoms with E-state index in [2.05, 4.69) is 15.5 Å². The monoisotopic (exact) mass is 529 g/mol. The number of aromatic nitrogens is 1. The van der Waals surface area contributed by atoms with Crippen LogP contribution in [0.5, 0.6) is 0 Å². The van der Waals surface area contributed by atoms with Crippen molar-refractivity contribution in [3.63, 3.8) is 0 Å². The van der Waals surface area contributed by atoms with Crippen molar-refractivity contribution in [2.24, 2.45) is 5.16 Å². The zero-order valence-electron chi connectivity index (χ0n) is 21.1. The highest BCUT2D eigenvalue weighted by Gasteiger charge is 2.37. The summed E-state index contributed by atoms with van der Waals surface area (Å²) in [7, 11) is 1.21. The lowest BCUT2D eigenvalue weighted by Crippen LogP contribution is -2.38. The highest BCUT2D eigenvalue weighted by molar-refractivity contribution is 7.14. The van der Waals surface area contributed by atoms with Crippen molar-refractivity contribution in [3.05, 3.63) is 119 Å². The number of nitrogens with zero attached hydrogens (tertiary/aromatic N) is 2. The number of carbonyl (C=O) groups excluding carboxylic acids is 1. The third kappa shape index (κ3) is 5.42. The van der Waals surface area contributed by atoms with E-state index in [0.717, 1.165) is 16.7 Å². The smallest absolute Gasteiger partial charge is 0.360 e. The molecule has 0 aliphatic carbocycles. The van der Waals surface area contributed by atoms with E-state index in [1.54, 1.807) is 5.38 Å². The van der Waals surface area contributed by atoms with Crippen molar-refractivity contribution in [3.8, 4) is 0 Å². The van der Waals surface area contributed by atoms with Crippen molar-refractivity contribution in [2.75, 3.05) is 12.4 Å². The van der Waals surface area contributed by atoms with Gasteiger partial charge in [-0.05, 0) is 30.5 Å². The molecule has 3 aromatic carbocycles. The summed E-state index contributed by atoms with van der Waals surface area (Å²) in [6.45, 7) is 2.87. The number of thiazole rings is 1. The summed E-state index contributed by atoms with van der Waals surface area (Å²) in [5.74, 6) is -2.03. The molecule has 0 amide bonds. The van der Waals surface area contributed by atoms with Gasteiger partial charge >= 0.3 is 11.9 Å². The highest BCUT2D eigenvalue weighted by atomic mass is 32.1. The van der Waals surface area contributed by atoms with E-state index in [1.807, 2.05) is 91.0 Å². The van der Waals surface area contributed by atoms with E-state index >= 15 is 0 Å². The van der Waals surface area contributed by atoms with Gasteiger partial charge in [0.15, 0.2) is 5.13 Å². The molecular weight excluding hydrogens is 502 g/mol. The molecular formula is C29H27N3O5S. The zero-order valence-corrected chi connectivity index (χ0v) is 21.9. The van der Waals surface area contributed by atoms with E-state index in [9.17, 15) is 14.7 Å². The molecule has 0 saturated carbocycles. The van der Waals surface area contributed by atoms with Crippen LogP contribution in [0, 0.1) is 0 Å². The Hall–Kier alpha value is -4.50. The average molecular weight is 530 g/mol. The first-order chi connectivity index (χ1) is 18.3. The Kier molecular flexibility index (Phi) is 7.87. The van der Waals surface area contributed by atoms with E-state index < -0.39 is 28.8 Å². The summed E-state index contributed by atoms with van der Waals surface area (Å²) >= 11 is 1.24. The van der Waals surface area contributed by atoms with Crippen molar-refractivity contribution in [1.29, 1.82) is 0 Å². The number of benzene rings is 3. The van der Waals surface area contributed by atoms with Crippen LogP contribution in [0.2, 0.25) is 0 Å². The fourth-order valence-corrected chi connectivity index (χ4v) is 4.77. The molecule has 1 heterocycles. The maximum atomic E-state index is 12.0. The molecule has 0 aliphatic heterocycles. The number of carboxylic acid groups (broad SMARTS) is 1. The lowest BCUT2D eigenvalue weighted by molar-refractivity contribution is -0.165. The quantitative estimate of drug-likeness (QED) is 0.124. The summed E-state index contributed by atoms with van der Waals surface area (Å²) < 4.78 is 4.69. The van der Waals surface area contributed by atoms with E-state index in [1.165, 1.54) is 32.3 Å².